The molecule has 0 aromatic heterocycles. The number of hydrogen-bond acceptors (Lipinski definition) is 2. The summed E-state index contributed by atoms with van der Waals surface area (Å²) < 4.78 is 0. The zero-order chi connectivity index (χ0) is 11.4. The molecular weight excluding hydrogens is 190 g/mol. The smallest absolute Gasteiger partial charge is 0.320 e. The molecule has 0 aliphatic carbocycles. The highest BCUT2D eigenvalue weighted by Crippen LogP contribution is 2.13. The summed E-state index contributed by atoms with van der Waals surface area (Å²) in [5.74, 6) is -0.931. The van der Waals surface area contributed by atoms with Crippen LogP contribution in [0, 0.1) is 13.8 Å². The third kappa shape index (κ3) is 3.36. The van der Waals surface area contributed by atoms with Gasteiger partial charge in [0.25, 0.3) is 0 Å². The van der Waals surface area contributed by atoms with Gasteiger partial charge in [0.1, 0.15) is 6.04 Å². The van der Waals surface area contributed by atoms with Crippen LogP contribution in [-0.2, 0) is 11.2 Å². The van der Waals surface area contributed by atoms with E-state index in [1.54, 1.807) is 0 Å². The van der Waals surface area contributed by atoms with E-state index >= 15 is 0 Å². The van der Waals surface area contributed by atoms with E-state index in [2.05, 4.69) is 6.07 Å². The number of carboxylic acid groups (broad SMARTS) is 1. The van der Waals surface area contributed by atoms with Crippen LogP contribution in [-0.4, -0.2) is 17.1 Å². The van der Waals surface area contributed by atoms with Crippen molar-refractivity contribution in [3.63, 3.8) is 0 Å². The molecule has 0 radical (unpaired) electrons. The first kappa shape index (κ1) is 11.7. The highest BCUT2D eigenvalue weighted by atomic mass is 16.4. The molecular formula is C12H17NO2. The molecule has 0 heterocycles. The minimum absolute atomic E-state index is 0.485. The molecule has 3 N–H and O–H groups in total. The van der Waals surface area contributed by atoms with Crippen molar-refractivity contribution < 1.29 is 9.90 Å². The second-order valence-electron chi connectivity index (χ2n) is 3.91. The van der Waals surface area contributed by atoms with E-state index in [-0.39, 0.29) is 0 Å². The Labute approximate surface area is 89.9 Å². The summed E-state index contributed by atoms with van der Waals surface area (Å²) >= 11 is 0. The van der Waals surface area contributed by atoms with Crippen molar-refractivity contribution >= 4 is 5.97 Å². The second-order valence-corrected chi connectivity index (χ2v) is 3.91. The fourth-order valence-corrected chi connectivity index (χ4v) is 1.56. The van der Waals surface area contributed by atoms with Crippen LogP contribution in [0.4, 0.5) is 0 Å². The molecule has 15 heavy (non-hydrogen) atoms. The van der Waals surface area contributed by atoms with Gasteiger partial charge in [-0.3, -0.25) is 4.79 Å². The number of aliphatic carboxylic acids is 1. The van der Waals surface area contributed by atoms with Crippen LogP contribution >= 0.6 is 0 Å². The average molecular weight is 207 g/mol. The summed E-state index contributed by atoms with van der Waals surface area (Å²) in [6.07, 6.45) is 1.21. The fourth-order valence-electron chi connectivity index (χ4n) is 1.56. The van der Waals surface area contributed by atoms with Crippen LogP contribution in [0.5, 0.6) is 0 Å². The molecule has 1 unspecified atom stereocenters. The van der Waals surface area contributed by atoms with E-state index in [0.717, 1.165) is 6.42 Å². The van der Waals surface area contributed by atoms with Crippen molar-refractivity contribution in [2.24, 2.45) is 5.73 Å². The largest absolute Gasteiger partial charge is 0.480 e. The van der Waals surface area contributed by atoms with Gasteiger partial charge >= 0.3 is 5.97 Å². The number of aryl methyl sites for hydroxylation is 3. The topological polar surface area (TPSA) is 63.3 Å². The quantitative estimate of drug-likeness (QED) is 0.789. The zero-order valence-corrected chi connectivity index (χ0v) is 9.16. The van der Waals surface area contributed by atoms with Gasteiger partial charge in [-0.2, -0.15) is 0 Å². The van der Waals surface area contributed by atoms with Gasteiger partial charge < -0.3 is 10.8 Å². The molecule has 1 aromatic carbocycles. The first-order chi connectivity index (χ1) is 7.00. The summed E-state index contributed by atoms with van der Waals surface area (Å²) in [6.45, 7) is 4.08. The average Bonchev–Trinajstić information content (AvgIpc) is 2.15. The van der Waals surface area contributed by atoms with Gasteiger partial charge in [-0.05, 0) is 37.8 Å². The third-order valence-electron chi connectivity index (χ3n) is 2.54. The van der Waals surface area contributed by atoms with Crippen molar-refractivity contribution in [3.05, 3.63) is 34.9 Å². The van der Waals surface area contributed by atoms with E-state index in [0.29, 0.717) is 6.42 Å². The monoisotopic (exact) mass is 207 g/mol. The Morgan fingerprint density at radius 1 is 1.47 bits per heavy atom. The van der Waals surface area contributed by atoms with Gasteiger partial charge in [-0.1, -0.05) is 23.8 Å². The molecule has 0 saturated heterocycles. The molecule has 0 bridgehead atoms. The van der Waals surface area contributed by atoms with Crippen LogP contribution in [0.1, 0.15) is 23.1 Å². The molecule has 3 heteroatoms. The van der Waals surface area contributed by atoms with Crippen LogP contribution in [0.2, 0.25) is 0 Å². The van der Waals surface area contributed by atoms with Gasteiger partial charge in [-0.25, -0.2) is 0 Å². The standard InChI is InChI=1S/C12H17NO2/c1-8-3-4-10(9(2)7-8)5-6-11(13)12(14)15/h3-4,7,11H,5-6,13H2,1-2H3,(H,14,15). The van der Waals surface area contributed by atoms with Crippen molar-refractivity contribution in [3.8, 4) is 0 Å². The molecule has 0 aliphatic heterocycles. The summed E-state index contributed by atoms with van der Waals surface area (Å²) in [5.41, 5.74) is 9.05. The highest BCUT2D eigenvalue weighted by Gasteiger charge is 2.11. The Balaban J connectivity index is 2.62. The van der Waals surface area contributed by atoms with Crippen molar-refractivity contribution in [1.29, 1.82) is 0 Å². The van der Waals surface area contributed by atoms with Crippen LogP contribution in [0.25, 0.3) is 0 Å². The number of carbonyl (C=O) groups is 1. The summed E-state index contributed by atoms with van der Waals surface area (Å²) in [4.78, 5) is 10.5. The summed E-state index contributed by atoms with van der Waals surface area (Å²) in [6, 6.07) is 5.42. The maximum Gasteiger partial charge on any atom is 0.320 e. The normalized spacial score (nSPS) is 12.5. The number of hydrogen-bond donors (Lipinski definition) is 2. The minimum Gasteiger partial charge on any atom is -0.480 e. The van der Waals surface area contributed by atoms with Crippen LogP contribution in [0.3, 0.4) is 0 Å². The van der Waals surface area contributed by atoms with Crippen LogP contribution in [0.15, 0.2) is 18.2 Å². The molecule has 82 valence electrons. The Kier molecular flexibility index (Phi) is 3.86. The van der Waals surface area contributed by atoms with Gasteiger partial charge in [0.15, 0.2) is 0 Å². The van der Waals surface area contributed by atoms with Crippen LogP contribution < -0.4 is 5.73 Å². The number of benzene rings is 1. The van der Waals surface area contributed by atoms with Gasteiger partial charge in [0.05, 0.1) is 0 Å². The Bertz CT molecular complexity index is 361. The van der Waals surface area contributed by atoms with Gasteiger partial charge in [-0.15, -0.1) is 0 Å². The number of nitrogens with two attached hydrogens (primary N) is 1. The lowest BCUT2D eigenvalue weighted by molar-refractivity contribution is -0.138. The van der Waals surface area contributed by atoms with E-state index in [1.807, 2.05) is 26.0 Å². The lowest BCUT2D eigenvalue weighted by atomic mass is 9.99. The third-order valence-corrected chi connectivity index (χ3v) is 2.54. The molecule has 0 spiro atoms. The fraction of sp³-hybridized carbons (Fsp3) is 0.417. The maximum absolute atomic E-state index is 10.5. The Morgan fingerprint density at radius 2 is 2.13 bits per heavy atom. The molecule has 1 atom stereocenters. The molecule has 1 aromatic rings. The molecule has 0 aliphatic rings. The molecule has 1 rings (SSSR count). The highest BCUT2D eigenvalue weighted by molar-refractivity contribution is 5.73. The first-order valence-corrected chi connectivity index (χ1v) is 5.05. The molecule has 0 amide bonds. The Hall–Kier alpha value is -1.35. The predicted molar refractivity (Wildman–Crippen MR) is 59.8 cm³/mol. The minimum atomic E-state index is -0.931. The Morgan fingerprint density at radius 3 is 2.67 bits per heavy atom. The van der Waals surface area contributed by atoms with E-state index in [9.17, 15) is 4.79 Å². The summed E-state index contributed by atoms with van der Waals surface area (Å²) in [5, 5.41) is 8.65. The lowest BCUT2D eigenvalue weighted by Gasteiger charge is -2.09. The van der Waals surface area contributed by atoms with E-state index < -0.39 is 12.0 Å². The van der Waals surface area contributed by atoms with Gasteiger partial charge in [0, 0.05) is 0 Å². The number of carboxylic acids is 1. The van der Waals surface area contributed by atoms with Gasteiger partial charge in [0.2, 0.25) is 0 Å². The molecule has 0 fully saturated rings. The number of rotatable bonds is 4. The zero-order valence-electron chi connectivity index (χ0n) is 9.16. The van der Waals surface area contributed by atoms with E-state index in [1.165, 1.54) is 16.7 Å². The van der Waals surface area contributed by atoms with Crippen molar-refractivity contribution in [1.82, 2.24) is 0 Å². The lowest BCUT2D eigenvalue weighted by Crippen LogP contribution is -2.30. The molecule has 3 nitrogen and oxygen atoms in total. The predicted octanol–water partition coefficient (Wildman–Crippen LogP) is 1.65. The molecule has 0 saturated carbocycles. The van der Waals surface area contributed by atoms with Crippen molar-refractivity contribution in [2.75, 3.05) is 0 Å². The summed E-state index contributed by atoms with van der Waals surface area (Å²) in [7, 11) is 0. The first-order valence-electron chi connectivity index (χ1n) is 5.05. The SMILES string of the molecule is Cc1ccc(CCC(N)C(=O)O)c(C)c1. The van der Waals surface area contributed by atoms with E-state index in [4.69, 9.17) is 10.8 Å². The maximum atomic E-state index is 10.5. The second kappa shape index (κ2) is 4.94. The van der Waals surface area contributed by atoms with Crippen molar-refractivity contribution in [2.45, 2.75) is 32.7 Å².